The molecule has 3 aromatic rings. The Balaban J connectivity index is 1.61. The lowest BCUT2D eigenvalue weighted by Crippen LogP contribution is -2.31. The number of nitrogens with two attached hydrogens (primary N) is 1. The standard InChI is InChI=1S/C21H22N4O/c1-14-7-8-18(11-15(14)2)26-21-19(22)20(23-13-24-21)25-10-9-16-5-3-4-6-17(16)12-25/h3-8,11,13H,9-10,12,22H2,1-2H3. The van der Waals surface area contributed by atoms with Crippen LogP contribution in [0.15, 0.2) is 48.8 Å². The third-order valence-electron chi connectivity index (χ3n) is 4.95. The molecular formula is C21H22N4O. The number of aromatic nitrogens is 2. The summed E-state index contributed by atoms with van der Waals surface area (Å²) in [5.74, 6) is 1.86. The Morgan fingerprint density at radius 1 is 1.00 bits per heavy atom. The highest BCUT2D eigenvalue weighted by molar-refractivity contribution is 5.68. The second-order valence-electron chi connectivity index (χ2n) is 6.70. The van der Waals surface area contributed by atoms with Gasteiger partial charge in [0.15, 0.2) is 5.82 Å². The third-order valence-corrected chi connectivity index (χ3v) is 4.95. The Bertz CT molecular complexity index is 954. The summed E-state index contributed by atoms with van der Waals surface area (Å²) in [7, 11) is 0. The van der Waals surface area contributed by atoms with E-state index >= 15 is 0 Å². The van der Waals surface area contributed by atoms with E-state index < -0.39 is 0 Å². The predicted octanol–water partition coefficient (Wildman–Crippen LogP) is 4.03. The first-order valence-electron chi connectivity index (χ1n) is 8.79. The third kappa shape index (κ3) is 3.08. The Morgan fingerprint density at radius 2 is 1.81 bits per heavy atom. The highest BCUT2D eigenvalue weighted by Gasteiger charge is 2.21. The van der Waals surface area contributed by atoms with Crippen molar-refractivity contribution in [2.75, 3.05) is 17.2 Å². The molecule has 132 valence electrons. The van der Waals surface area contributed by atoms with Gasteiger partial charge in [-0.3, -0.25) is 0 Å². The summed E-state index contributed by atoms with van der Waals surface area (Å²) in [5.41, 5.74) is 11.9. The van der Waals surface area contributed by atoms with Crippen molar-refractivity contribution in [1.29, 1.82) is 0 Å². The average Bonchev–Trinajstić information content (AvgIpc) is 2.66. The molecule has 0 unspecified atom stereocenters. The van der Waals surface area contributed by atoms with Crippen LogP contribution in [0.4, 0.5) is 11.5 Å². The molecule has 0 saturated heterocycles. The van der Waals surface area contributed by atoms with E-state index in [0.717, 1.165) is 31.1 Å². The van der Waals surface area contributed by atoms with Gasteiger partial charge in [0.25, 0.3) is 0 Å². The van der Waals surface area contributed by atoms with Crippen molar-refractivity contribution >= 4 is 11.5 Å². The Labute approximate surface area is 153 Å². The van der Waals surface area contributed by atoms with Crippen LogP contribution in [0.3, 0.4) is 0 Å². The van der Waals surface area contributed by atoms with Gasteiger partial charge in [-0.05, 0) is 54.7 Å². The second kappa shape index (κ2) is 6.67. The van der Waals surface area contributed by atoms with Crippen molar-refractivity contribution in [2.24, 2.45) is 0 Å². The molecule has 26 heavy (non-hydrogen) atoms. The maximum Gasteiger partial charge on any atom is 0.248 e. The summed E-state index contributed by atoms with van der Waals surface area (Å²) in [5, 5.41) is 0. The van der Waals surface area contributed by atoms with Gasteiger partial charge in [-0.2, -0.15) is 4.98 Å². The Kier molecular flexibility index (Phi) is 4.21. The van der Waals surface area contributed by atoms with Gasteiger partial charge in [0.2, 0.25) is 5.88 Å². The van der Waals surface area contributed by atoms with Crippen LogP contribution in [0.1, 0.15) is 22.3 Å². The van der Waals surface area contributed by atoms with Crippen molar-refractivity contribution in [1.82, 2.24) is 9.97 Å². The lowest BCUT2D eigenvalue weighted by atomic mass is 10.00. The fourth-order valence-corrected chi connectivity index (χ4v) is 3.27. The molecular weight excluding hydrogens is 324 g/mol. The van der Waals surface area contributed by atoms with Crippen molar-refractivity contribution in [2.45, 2.75) is 26.8 Å². The Hall–Kier alpha value is -3.08. The van der Waals surface area contributed by atoms with Gasteiger partial charge in [0, 0.05) is 13.1 Å². The number of hydrogen-bond acceptors (Lipinski definition) is 5. The molecule has 2 N–H and O–H groups in total. The van der Waals surface area contributed by atoms with Gasteiger partial charge >= 0.3 is 0 Å². The van der Waals surface area contributed by atoms with E-state index in [1.807, 2.05) is 18.2 Å². The molecule has 0 radical (unpaired) electrons. The van der Waals surface area contributed by atoms with Crippen molar-refractivity contribution in [3.63, 3.8) is 0 Å². The summed E-state index contributed by atoms with van der Waals surface area (Å²) in [6.07, 6.45) is 2.50. The van der Waals surface area contributed by atoms with E-state index in [-0.39, 0.29) is 0 Å². The smallest absolute Gasteiger partial charge is 0.248 e. The summed E-state index contributed by atoms with van der Waals surface area (Å²) < 4.78 is 5.94. The number of rotatable bonds is 3. The zero-order valence-electron chi connectivity index (χ0n) is 15.1. The molecule has 0 spiro atoms. The van der Waals surface area contributed by atoms with Crippen LogP contribution in [0.25, 0.3) is 0 Å². The van der Waals surface area contributed by atoms with Crippen LogP contribution < -0.4 is 15.4 Å². The fraction of sp³-hybridized carbons (Fsp3) is 0.238. The van der Waals surface area contributed by atoms with E-state index in [2.05, 4.69) is 53.0 Å². The normalized spacial score (nSPS) is 13.4. The van der Waals surface area contributed by atoms with Gasteiger partial charge in [-0.1, -0.05) is 30.3 Å². The number of anilines is 2. The zero-order valence-corrected chi connectivity index (χ0v) is 15.1. The lowest BCUT2D eigenvalue weighted by Gasteiger charge is -2.30. The molecule has 2 aromatic carbocycles. The molecule has 5 nitrogen and oxygen atoms in total. The van der Waals surface area contributed by atoms with Crippen LogP contribution >= 0.6 is 0 Å². The van der Waals surface area contributed by atoms with E-state index in [1.54, 1.807) is 0 Å². The number of aryl methyl sites for hydroxylation is 2. The molecule has 0 atom stereocenters. The quantitative estimate of drug-likeness (QED) is 0.776. The first kappa shape index (κ1) is 16.4. The van der Waals surface area contributed by atoms with Crippen LogP contribution in [-0.2, 0) is 13.0 Å². The van der Waals surface area contributed by atoms with Crippen molar-refractivity contribution in [3.05, 3.63) is 71.0 Å². The number of fused-ring (bicyclic) bond motifs is 1. The second-order valence-corrected chi connectivity index (χ2v) is 6.70. The maximum absolute atomic E-state index is 6.36. The molecule has 0 amide bonds. The molecule has 1 aliphatic heterocycles. The van der Waals surface area contributed by atoms with E-state index in [1.165, 1.54) is 28.6 Å². The number of hydrogen-bond donors (Lipinski definition) is 1. The Morgan fingerprint density at radius 3 is 2.62 bits per heavy atom. The predicted molar refractivity (Wildman–Crippen MR) is 104 cm³/mol. The molecule has 5 heteroatoms. The van der Waals surface area contributed by atoms with Gasteiger partial charge < -0.3 is 15.4 Å². The zero-order chi connectivity index (χ0) is 18.1. The molecule has 2 heterocycles. The van der Waals surface area contributed by atoms with Gasteiger partial charge in [-0.15, -0.1) is 0 Å². The van der Waals surface area contributed by atoms with Crippen LogP contribution in [0.5, 0.6) is 11.6 Å². The number of ether oxygens (including phenoxy) is 1. The fourth-order valence-electron chi connectivity index (χ4n) is 3.27. The molecule has 0 saturated carbocycles. The maximum atomic E-state index is 6.36. The monoisotopic (exact) mass is 346 g/mol. The number of benzene rings is 2. The number of nitrogens with zero attached hydrogens (tertiary/aromatic N) is 3. The first-order valence-corrected chi connectivity index (χ1v) is 8.79. The molecule has 1 aliphatic rings. The molecule has 0 aliphatic carbocycles. The lowest BCUT2D eigenvalue weighted by molar-refractivity contribution is 0.463. The minimum Gasteiger partial charge on any atom is -0.437 e. The van der Waals surface area contributed by atoms with Gasteiger partial charge in [-0.25, -0.2) is 4.98 Å². The van der Waals surface area contributed by atoms with Crippen molar-refractivity contribution in [3.8, 4) is 11.6 Å². The van der Waals surface area contributed by atoms with E-state index in [0.29, 0.717) is 11.6 Å². The largest absolute Gasteiger partial charge is 0.437 e. The summed E-state index contributed by atoms with van der Waals surface area (Å²) in [6, 6.07) is 14.5. The summed E-state index contributed by atoms with van der Waals surface area (Å²) >= 11 is 0. The first-order chi connectivity index (χ1) is 12.6. The highest BCUT2D eigenvalue weighted by Crippen LogP contribution is 2.34. The van der Waals surface area contributed by atoms with Crippen LogP contribution in [0.2, 0.25) is 0 Å². The average molecular weight is 346 g/mol. The van der Waals surface area contributed by atoms with Crippen LogP contribution in [0, 0.1) is 13.8 Å². The minimum atomic E-state index is 0.400. The SMILES string of the molecule is Cc1ccc(Oc2ncnc(N3CCc4ccccc4C3)c2N)cc1C. The number of nitrogen functional groups attached to an aromatic ring is 1. The van der Waals surface area contributed by atoms with Gasteiger partial charge in [0.1, 0.15) is 17.8 Å². The van der Waals surface area contributed by atoms with Crippen LogP contribution in [-0.4, -0.2) is 16.5 Å². The molecule has 4 rings (SSSR count). The van der Waals surface area contributed by atoms with Crippen molar-refractivity contribution < 1.29 is 4.74 Å². The summed E-state index contributed by atoms with van der Waals surface area (Å²) in [6.45, 7) is 5.80. The molecule has 0 bridgehead atoms. The molecule has 1 aromatic heterocycles. The topological polar surface area (TPSA) is 64.3 Å². The van der Waals surface area contributed by atoms with E-state index in [9.17, 15) is 0 Å². The summed E-state index contributed by atoms with van der Waals surface area (Å²) in [4.78, 5) is 10.8. The highest BCUT2D eigenvalue weighted by atomic mass is 16.5. The van der Waals surface area contributed by atoms with Gasteiger partial charge in [0.05, 0.1) is 0 Å². The van der Waals surface area contributed by atoms with E-state index in [4.69, 9.17) is 10.5 Å². The minimum absolute atomic E-state index is 0.400. The molecule has 0 fully saturated rings.